The molecular weight excluding hydrogens is 438 g/mol. The van der Waals surface area contributed by atoms with Crippen LogP contribution in [0.1, 0.15) is 42.4 Å². The number of aromatic nitrogens is 5. The van der Waals surface area contributed by atoms with E-state index in [4.69, 9.17) is 11.6 Å². The summed E-state index contributed by atoms with van der Waals surface area (Å²) in [6.07, 6.45) is 3.77. The van der Waals surface area contributed by atoms with Crippen molar-refractivity contribution in [3.05, 3.63) is 70.3 Å². The molecule has 1 amide bonds. The van der Waals surface area contributed by atoms with Gasteiger partial charge in [0, 0.05) is 12.2 Å². The fourth-order valence-corrected chi connectivity index (χ4v) is 3.73. The first-order valence-corrected chi connectivity index (χ1v) is 11.2. The number of carbonyl (C=O) groups is 1. The summed E-state index contributed by atoms with van der Waals surface area (Å²) >= 11 is 6.02. The van der Waals surface area contributed by atoms with E-state index in [0.717, 1.165) is 28.9 Å². The molecule has 0 unspecified atom stereocenters. The number of benzene rings is 1. The summed E-state index contributed by atoms with van der Waals surface area (Å²) < 4.78 is 1.81. The lowest BCUT2D eigenvalue weighted by Crippen LogP contribution is -2.16. The molecule has 0 aliphatic rings. The van der Waals surface area contributed by atoms with Crippen LogP contribution in [-0.2, 0) is 17.8 Å². The van der Waals surface area contributed by atoms with E-state index < -0.39 is 0 Å². The van der Waals surface area contributed by atoms with Crippen molar-refractivity contribution in [3.8, 4) is 0 Å². The van der Waals surface area contributed by atoms with E-state index >= 15 is 0 Å². The van der Waals surface area contributed by atoms with Crippen LogP contribution in [0.5, 0.6) is 0 Å². The topological polar surface area (TPSA) is 97.6 Å². The minimum atomic E-state index is -0.137. The number of anilines is 2. The summed E-state index contributed by atoms with van der Waals surface area (Å²) in [6.45, 7) is 8.70. The molecule has 0 aliphatic heterocycles. The molecule has 3 heterocycles. The number of fused-ring (bicyclic) bond motifs is 1. The quantitative estimate of drug-likeness (QED) is 0.406. The molecule has 33 heavy (non-hydrogen) atoms. The second-order valence-corrected chi connectivity index (χ2v) is 8.39. The Kier molecular flexibility index (Phi) is 6.55. The highest BCUT2D eigenvalue weighted by Gasteiger charge is 2.13. The first-order chi connectivity index (χ1) is 15.8. The molecule has 0 aliphatic carbocycles. The standard InChI is InChI=1S/C24H26ClN7O/c1-5-32-13-21-24(31-32)30-22(12-26-21)28-15(3)19-10-17(7-6-14(19)2)29-23(33)11-18-8-9-20(25)16(4)27-18/h6-10,12-13,15H,5,11H2,1-4H3,(H,29,33)(H,28,30,31)/t15-/m0/s1. The van der Waals surface area contributed by atoms with E-state index in [1.807, 2.05) is 56.8 Å². The van der Waals surface area contributed by atoms with Crippen LogP contribution in [0.2, 0.25) is 5.02 Å². The fraction of sp³-hybridized carbons (Fsp3) is 0.292. The highest BCUT2D eigenvalue weighted by atomic mass is 35.5. The molecule has 170 valence electrons. The number of hydrogen-bond donors (Lipinski definition) is 2. The van der Waals surface area contributed by atoms with Gasteiger partial charge in [-0.1, -0.05) is 17.7 Å². The van der Waals surface area contributed by atoms with Gasteiger partial charge in [0.15, 0.2) is 0 Å². The van der Waals surface area contributed by atoms with Crippen LogP contribution in [0.25, 0.3) is 11.2 Å². The smallest absolute Gasteiger partial charge is 0.230 e. The van der Waals surface area contributed by atoms with Crippen molar-refractivity contribution in [2.24, 2.45) is 0 Å². The van der Waals surface area contributed by atoms with Crippen LogP contribution in [0.4, 0.5) is 11.5 Å². The molecule has 0 spiro atoms. The number of carbonyl (C=O) groups excluding carboxylic acids is 1. The average molecular weight is 464 g/mol. The number of rotatable bonds is 7. The van der Waals surface area contributed by atoms with Crippen LogP contribution >= 0.6 is 11.6 Å². The molecule has 0 bridgehead atoms. The lowest BCUT2D eigenvalue weighted by Gasteiger charge is -2.18. The van der Waals surface area contributed by atoms with Crippen molar-refractivity contribution in [3.63, 3.8) is 0 Å². The Hall–Kier alpha value is -3.52. The van der Waals surface area contributed by atoms with Crippen LogP contribution in [-0.4, -0.2) is 30.6 Å². The third-order valence-electron chi connectivity index (χ3n) is 5.41. The van der Waals surface area contributed by atoms with Gasteiger partial charge < -0.3 is 10.6 Å². The van der Waals surface area contributed by atoms with E-state index in [1.165, 1.54) is 0 Å². The number of aryl methyl sites for hydroxylation is 3. The first-order valence-electron chi connectivity index (χ1n) is 10.8. The van der Waals surface area contributed by atoms with Crippen molar-refractivity contribution in [1.82, 2.24) is 24.7 Å². The summed E-state index contributed by atoms with van der Waals surface area (Å²) in [5, 5.41) is 11.4. The summed E-state index contributed by atoms with van der Waals surface area (Å²) in [4.78, 5) is 26.0. The van der Waals surface area contributed by atoms with Gasteiger partial charge in [-0.3, -0.25) is 14.5 Å². The second kappa shape index (κ2) is 9.54. The number of nitrogens with one attached hydrogen (secondary N) is 2. The van der Waals surface area contributed by atoms with Crippen molar-refractivity contribution < 1.29 is 4.79 Å². The highest BCUT2D eigenvalue weighted by Crippen LogP contribution is 2.25. The minimum absolute atomic E-state index is 0.0533. The number of halogens is 1. The van der Waals surface area contributed by atoms with Crippen LogP contribution < -0.4 is 10.6 Å². The minimum Gasteiger partial charge on any atom is -0.362 e. The van der Waals surface area contributed by atoms with E-state index in [-0.39, 0.29) is 18.4 Å². The van der Waals surface area contributed by atoms with Gasteiger partial charge in [0.25, 0.3) is 0 Å². The number of pyridine rings is 1. The van der Waals surface area contributed by atoms with Crippen molar-refractivity contribution in [2.45, 2.75) is 46.7 Å². The highest BCUT2D eigenvalue weighted by molar-refractivity contribution is 6.31. The van der Waals surface area contributed by atoms with Crippen molar-refractivity contribution in [1.29, 1.82) is 0 Å². The molecule has 0 radical (unpaired) electrons. The third kappa shape index (κ3) is 5.28. The van der Waals surface area contributed by atoms with E-state index in [2.05, 4.69) is 30.7 Å². The lowest BCUT2D eigenvalue weighted by molar-refractivity contribution is -0.115. The number of nitrogens with zero attached hydrogens (tertiary/aromatic N) is 5. The summed E-state index contributed by atoms with van der Waals surface area (Å²) in [6, 6.07) is 9.34. The molecule has 3 aromatic heterocycles. The molecule has 2 N–H and O–H groups in total. The largest absolute Gasteiger partial charge is 0.362 e. The monoisotopic (exact) mass is 463 g/mol. The summed E-state index contributed by atoms with van der Waals surface area (Å²) in [7, 11) is 0. The van der Waals surface area contributed by atoms with Gasteiger partial charge in [-0.05, 0) is 63.1 Å². The number of amides is 1. The molecule has 4 aromatic rings. The maximum absolute atomic E-state index is 12.6. The Balaban J connectivity index is 1.46. The van der Waals surface area contributed by atoms with Gasteiger partial charge in [-0.25, -0.2) is 9.97 Å². The molecule has 1 aromatic carbocycles. The van der Waals surface area contributed by atoms with Gasteiger partial charge in [0.2, 0.25) is 11.6 Å². The molecular formula is C24H26ClN7O. The Labute approximate surface area is 197 Å². The van der Waals surface area contributed by atoms with Gasteiger partial charge >= 0.3 is 0 Å². The Morgan fingerprint density at radius 2 is 2.00 bits per heavy atom. The van der Waals surface area contributed by atoms with Crippen LogP contribution in [0.3, 0.4) is 0 Å². The van der Waals surface area contributed by atoms with Gasteiger partial charge in [-0.15, -0.1) is 0 Å². The zero-order valence-corrected chi connectivity index (χ0v) is 19.8. The van der Waals surface area contributed by atoms with Gasteiger partial charge in [-0.2, -0.15) is 5.10 Å². The van der Waals surface area contributed by atoms with Crippen molar-refractivity contribution in [2.75, 3.05) is 10.6 Å². The molecule has 0 saturated heterocycles. The first kappa shape index (κ1) is 22.7. The second-order valence-electron chi connectivity index (χ2n) is 7.98. The maximum Gasteiger partial charge on any atom is 0.230 e. The summed E-state index contributed by atoms with van der Waals surface area (Å²) in [5.41, 5.74) is 5.64. The molecule has 4 rings (SSSR count). The predicted molar refractivity (Wildman–Crippen MR) is 131 cm³/mol. The Morgan fingerprint density at radius 3 is 2.76 bits per heavy atom. The van der Waals surface area contributed by atoms with Crippen LogP contribution in [0, 0.1) is 13.8 Å². The van der Waals surface area contributed by atoms with Gasteiger partial charge in [0.1, 0.15) is 11.3 Å². The molecule has 0 fully saturated rings. The van der Waals surface area contributed by atoms with Gasteiger partial charge in [0.05, 0.1) is 41.3 Å². The van der Waals surface area contributed by atoms with E-state index in [0.29, 0.717) is 27.9 Å². The predicted octanol–water partition coefficient (Wildman–Crippen LogP) is 4.87. The molecule has 0 saturated carbocycles. The zero-order valence-electron chi connectivity index (χ0n) is 19.1. The molecule has 8 nitrogen and oxygen atoms in total. The van der Waals surface area contributed by atoms with Crippen molar-refractivity contribution >= 4 is 40.2 Å². The SMILES string of the molecule is CCn1cc2ncc(N[C@@H](C)c3cc(NC(=O)Cc4ccc(Cl)c(C)n4)ccc3C)nc2n1. The Morgan fingerprint density at radius 1 is 1.18 bits per heavy atom. The van der Waals surface area contributed by atoms with Crippen LogP contribution in [0.15, 0.2) is 42.7 Å². The molecule has 9 heteroatoms. The zero-order chi connectivity index (χ0) is 23.5. The van der Waals surface area contributed by atoms with E-state index in [9.17, 15) is 4.79 Å². The normalized spacial score (nSPS) is 12.0. The molecule has 1 atom stereocenters. The number of hydrogen-bond acceptors (Lipinski definition) is 6. The maximum atomic E-state index is 12.6. The average Bonchev–Trinajstić information content (AvgIpc) is 3.20. The van der Waals surface area contributed by atoms with E-state index in [1.54, 1.807) is 18.3 Å². The fourth-order valence-electron chi connectivity index (χ4n) is 3.63. The Bertz CT molecular complexity index is 1320. The lowest BCUT2D eigenvalue weighted by atomic mass is 10.0. The third-order valence-corrected chi connectivity index (χ3v) is 5.81. The summed E-state index contributed by atoms with van der Waals surface area (Å²) in [5.74, 6) is 0.511.